The highest BCUT2D eigenvalue weighted by atomic mass is 32.1. The van der Waals surface area contributed by atoms with Crippen LogP contribution in [0.5, 0.6) is 5.75 Å². The standard InChI is InChI=1S/C19H23N7OS/c1-11(2)16-9-26(8-12(3)23-16)19-20-7-15(24-25-19)14-5-4-13(6-17(14)27)18-21-10-22-28-18/h4-7,10-12,16,23,27H,8-9H2,1-3H3/t12-,16-/m1/s1. The Bertz CT molecular complexity index is 930. The predicted molar refractivity (Wildman–Crippen MR) is 109 cm³/mol. The van der Waals surface area contributed by atoms with Crippen molar-refractivity contribution >= 4 is 17.5 Å². The molecule has 28 heavy (non-hydrogen) atoms. The zero-order valence-electron chi connectivity index (χ0n) is 16.1. The van der Waals surface area contributed by atoms with Crippen molar-refractivity contribution < 1.29 is 5.11 Å². The highest BCUT2D eigenvalue weighted by molar-refractivity contribution is 7.09. The van der Waals surface area contributed by atoms with Gasteiger partial charge in [-0.2, -0.15) is 4.37 Å². The Kier molecular flexibility index (Phi) is 5.19. The fourth-order valence-corrected chi connectivity index (χ4v) is 3.92. The number of aromatic hydroxyl groups is 1. The molecular formula is C19H23N7OS. The second-order valence-electron chi connectivity index (χ2n) is 7.44. The van der Waals surface area contributed by atoms with Crippen molar-refractivity contribution in [1.29, 1.82) is 0 Å². The Balaban J connectivity index is 1.55. The van der Waals surface area contributed by atoms with Crippen LogP contribution in [0.4, 0.5) is 5.95 Å². The molecular weight excluding hydrogens is 374 g/mol. The Morgan fingerprint density at radius 3 is 2.71 bits per heavy atom. The van der Waals surface area contributed by atoms with E-state index in [1.807, 2.05) is 6.07 Å². The molecule has 1 aromatic carbocycles. The summed E-state index contributed by atoms with van der Waals surface area (Å²) < 4.78 is 3.99. The van der Waals surface area contributed by atoms with Gasteiger partial charge in [0.05, 0.1) is 6.20 Å². The van der Waals surface area contributed by atoms with Crippen molar-refractivity contribution in [2.75, 3.05) is 18.0 Å². The topological polar surface area (TPSA) is 100.0 Å². The molecule has 1 aliphatic rings. The highest BCUT2D eigenvalue weighted by Gasteiger charge is 2.27. The first-order chi connectivity index (χ1) is 13.5. The minimum absolute atomic E-state index is 0.118. The lowest BCUT2D eigenvalue weighted by Crippen LogP contribution is -2.57. The van der Waals surface area contributed by atoms with Crippen molar-refractivity contribution in [1.82, 2.24) is 29.9 Å². The first kappa shape index (κ1) is 18.7. The van der Waals surface area contributed by atoms with Crippen LogP contribution in [0.1, 0.15) is 20.8 Å². The molecule has 0 aliphatic carbocycles. The molecule has 1 saturated heterocycles. The zero-order valence-corrected chi connectivity index (χ0v) is 16.9. The molecule has 3 heterocycles. The summed E-state index contributed by atoms with van der Waals surface area (Å²) in [5.74, 6) is 1.26. The van der Waals surface area contributed by atoms with Gasteiger partial charge < -0.3 is 15.3 Å². The summed E-state index contributed by atoms with van der Waals surface area (Å²) in [6.07, 6.45) is 3.17. The van der Waals surface area contributed by atoms with Gasteiger partial charge in [-0.3, -0.25) is 0 Å². The number of hydrogen-bond donors (Lipinski definition) is 2. The fraction of sp³-hybridized carbons (Fsp3) is 0.421. The van der Waals surface area contributed by atoms with Crippen LogP contribution < -0.4 is 10.2 Å². The molecule has 9 heteroatoms. The van der Waals surface area contributed by atoms with Crippen LogP contribution in [0.25, 0.3) is 21.8 Å². The summed E-state index contributed by atoms with van der Waals surface area (Å²) in [5.41, 5.74) is 1.94. The molecule has 0 amide bonds. The third-order valence-electron chi connectivity index (χ3n) is 4.93. The van der Waals surface area contributed by atoms with E-state index in [2.05, 4.69) is 55.5 Å². The van der Waals surface area contributed by atoms with Gasteiger partial charge in [0.15, 0.2) is 0 Å². The number of rotatable bonds is 4. The molecule has 0 radical (unpaired) electrons. The van der Waals surface area contributed by atoms with Crippen LogP contribution >= 0.6 is 11.5 Å². The molecule has 2 atom stereocenters. The minimum atomic E-state index is 0.118. The van der Waals surface area contributed by atoms with Gasteiger partial charge >= 0.3 is 0 Å². The maximum atomic E-state index is 10.4. The van der Waals surface area contributed by atoms with Crippen molar-refractivity contribution in [2.24, 2.45) is 5.92 Å². The number of benzene rings is 1. The summed E-state index contributed by atoms with van der Waals surface area (Å²) in [5, 5.41) is 23.4. The van der Waals surface area contributed by atoms with Crippen molar-refractivity contribution in [2.45, 2.75) is 32.9 Å². The molecule has 146 valence electrons. The first-order valence-electron chi connectivity index (χ1n) is 9.32. The Labute approximate surface area is 167 Å². The average molecular weight is 398 g/mol. The number of aromatic nitrogens is 5. The van der Waals surface area contributed by atoms with E-state index < -0.39 is 0 Å². The lowest BCUT2D eigenvalue weighted by atomic mass is 10.00. The minimum Gasteiger partial charge on any atom is -0.507 e. The van der Waals surface area contributed by atoms with Crippen LogP contribution in [0.2, 0.25) is 0 Å². The fourth-order valence-electron chi connectivity index (χ4n) is 3.40. The second kappa shape index (κ2) is 7.76. The van der Waals surface area contributed by atoms with Crippen LogP contribution in [-0.4, -0.2) is 54.8 Å². The Morgan fingerprint density at radius 2 is 2.07 bits per heavy atom. The van der Waals surface area contributed by atoms with E-state index in [0.29, 0.717) is 35.2 Å². The van der Waals surface area contributed by atoms with E-state index in [9.17, 15) is 5.11 Å². The summed E-state index contributed by atoms with van der Waals surface area (Å²) in [6.45, 7) is 8.28. The maximum absolute atomic E-state index is 10.4. The van der Waals surface area contributed by atoms with Gasteiger partial charge in [0, 0.05) is 36.3 Å². The monoisotopic (exact) mass is 397 g/mol. The number of phenols is 1. The Morgan fingerprint density at radius 1 is 1.21 bits per heavy atom. The van der Waals surface area contributed by atoms with E-state index in [-0.39, 0.29) is 5.75 Å². The number of nitrogens with one attached hydrogen (secondary N) is 1. The molecule has 0 spiro atoms. The lowest BCUT2D eigenvalue weighted by Gasteiger charge is -2.39. The van der Waals surface area contributed by atoms with Gasteiger partial charge in [0.2, 0.25) is 5.95 Å². The van der Waals surface area contributed by atoms with Gasteiger partial charge in [0.1, 0.15) is 22.8 Å². The van der Waals surface area contributed by atoms with Crippen molar-refractivity contribution in [3.05, 3.63) is 30.7 Å². The highest BCUT2D eigenvalue weighted by Crippen LogP contribution is 2.32. The molecule has 1 fully saturated rings. The van der Waals surface area contributed by atoms with Crippen LogP contribution in [0.15, 0.2) is 30.7 Å². The summed E-state index contributed by atoms with van der Waals surface area (Å²) >= 11 is 1.28. The number of piperazine rings is 1. The smallest absolute Gasteiger partial charge is 0.245 e. The van der Waals surface area contributed by atoms with Crippen LogP contribution in [0, 0.1) is 5.92 Å². The zero-order chi connectivity index (χ0) is 19.7. The molecule has 2 N–H and O–H groups in total. The van der Waals surface area contributed by atoms with Crippen LogP contribution in [-0.2, 0) is 0 Å². The lowest BCUT2D eigenvalue weighted by molar-refractivity contribution is 0.319. The number of phenolic OH excluding ortho intramolecular Hbond substituents is 1. The van der Waals surface area contributed by atoms with E-state index in [1.165, 1.54) is 17.9 Å². The largest absolute Gasteiger partial charge is 0.507 e. The summed E-state index contributed by atoms with van der Waals surface area (Å²) in [6, 6.07) is 6.11. The third-order valence-corrected chi connectivity index (χ3v) is 5.64. The Hall–Kier alpha value is -2.65. The van der Waals surface area contributed by atoms with Gasteiger partial charge in [0.25, 0.3) is 0 Å². The van der Waals surface area contributed by atoms with Gasteiger partial charge in [-0.1, -0.05) is 19.9 Å². The molecule has 3 aromatic rings. The molecule has 2 aromatic heterocycles. The van der Waals surface area contributed by atoms with Crippen molar-refractivity contribution in [3.8, 4) is 27.6 Å². The quantitative estimate of drug-likeness (QED) is 0.693. The molecule has 0 bridgehead atoms. The molecule has 0 unspecified atom stereocenters. The first-order valence-corrected chi connectivity index (χ1v) is 10.1. The molecule has 8 nitrogen and oxygen atoms in total. The molecule has 0 saturated carbocycles. The number of hydrogen-bond acceptors (Lipinski definition) is 9. The number of anilines is 1. The summed E-state index contributed by atoms with van der Waals surface area (Å²) in [7, 11) is 0. The van der Waals surface area contributed by atoms with Crippen LogP contribution in [0.3, 0.4) is 0 Å². The predicted octanol–water partition coefficient (Wildman–Crippen LogP) is 2.59. The van der Waals surface area contributed by atoms with Gasteiger partial charge in [-0.25, -0.2) is 9.97 Å². The van der Waals surface area contributed by atoms with Gasteiger partial charge in [-0.05, 0) is 36.5 Å². The normalized spacial score (nSPS) is 19.9. The van der Waals surface area contributed by atoms with E-state index >= 15 is 0 Å². The molecule has 4 rings (SSSR count). The van der Waals surface area contributed by atoms with Crippen molar-refractivity contribution in [3.63, 3.8) is 0 Å². The average Bonchev–Trinajstić information content (AvgIpc) is 3.22. The summed E-state index contributed by atoms with van der Waals surface area (Å²) in [4.78, 5) is 10.8. The SMILES string of the molecule is CC(C)[C@H]1CN(c2ncc(-c3ccc(-c4ncns4)cc3O)nn2)C[C@@H](C)N1. The molecule has 1 aliphatic heterocycles. The second-order valence-corrected chi connectivity index (χ2v) is 8.23. The van der Waals surface area contributed by atoms with E-state index in [0.717, 1.165) is 23.7 Å². The van der Waals surface area contributed by atoms with E-state index in [1.54, 1.807) is 18.3 Å². The van der Waals surface area contributed by atoms with Gasteiger partial charge in [-0.15, -0.1) is 10.2 Å². The number of nitrogens with zero attached hydrogens (tertiary/aromatic N) is 6. The van der Waals surface area contributed by atoms with E-state index in [4.69, 9.17) is 0 Å². The maximum Gasteiger partial charge on any atom is 0.245 e. The third kappa shape index (κ3) is 3.81.